The summed E-state index contributed by atoms with van der Waals surface area (Å²) < 4.78 is 10.5. The molecule has 2 aromatic carbocycles. The van der Waals surface area contributed by atoms with Gasteiger partial charge in [-0.1, -0.05) is 0 Å². The molecule has 3 aromatic rings. The molecule has 0 aliphatic carbocycles. The van der Waals surface area contributed by atoms with Crippen LogP contribution in [-0.2, 0) is 13.0 Å². The third-order valence-electron chi connectivity index (χ3n) is 5.65. The molecule has 3 amide bonds. The van der Waals surface area contributed by atoms with Crippen LogP contribution in [0.5, 0.6) is 11.5 Å². The summed E-state index contributed by atoms with van der Waals surface area (Å²) in [5.74, 6) is 0.785. The van der Waals surface area contributed by atoms with Gasteiger partial charge in [-0.25, -0.2) is 9.78 Å². The van der Waals surface area contributed by atoms with Gasteiger partial charge >= 0.3 is 6.03 Å². The second kappa shape index (κ2) is 10.1. The van der Waals surface area contributed by atoms with E-state index in [1.807, 2.05) is 31.1 Å². The van der Waals surface area contributed by atoms with E-state index < -0.39 is 0 Å². The van der Waals surface area contributed by atoms with Gasteiger partial charge in [0.25, 0.3) is 5.91 Å². The summed E-state index contributed by atoms with van der Waals surface area (Å²) in [7, 11) is 6.93. The first-order chi connectivity index (χ1) is 16.8. The van der Waals surface area contributed by atoms with E-state index in [0.29, 0.717) is 53.1 Å². The number of nitrogens with one attached hydrogen (secondary N) is 2. The number of nitrogen functional groups attached to an aromatic ring is 1. The molecule has 0 saturated heterocycles. The first-order valence-electron chi connectivity index (χ1n) is 10.9. The van der Waals surface area contributed by atoms with Gasteiger partial charge in [0, 0.05) is 49.4 Å². The fourth-order valence-corrected chi connectivity index (χ4v) is 4.71. The number of hydrogen-bond acceptors (Lipinski definition) is 8. The van der Waals surface area contributed by atoms with E-state index >= 15 is 0 Å². The molecule has 4 N–H and O–H groups in total. The van der Waals surface area contributed by atoms with Gasteiger partial charge in [-0.2, -0.15) is 0 Å². The summed E-state index contributed by atoms with van der Waals surface area (Å²) >= 11 is 1.28. The second-order valence-electron chi connectivity index (χ2n) is 8.18. The van der Waals surface area contributed by atoms with Crippen molar-refractivity contribution in [2.45, 2.75) is 13.0 Å². The largest absolute Gasteiger partial charge is 0.493 e. The van der Waals surface area contributed by atoms with Crippen LogP contribution >= 0.6 is 11.3 Å². The maximum atomic E-state index is 12.9. The van der Waals surface area contributed by atoms with Crippen LogP contribution < -0.4 is 30.7 Å². The SMILES string of the molecule is COc1ccc(NC(=O)N2CCc3nc(C(=O)Nc4cc(N(C)C)ccc4N)sc3C2)cc1OC. The molecule has 0 radical (unpaired) electrons. The van der Waals surface area contributed by atoms with Crippen LogP contribution in [0.15, 0.2) is 36.4 Å². The Kier molecular flexibility index (Phi) is 6.97. The number of anilines is 4. The summed E-state index contributed by atoms with van der Waals surface area (Å²) in [5, 5.41) is 6.09. The highest BCUT2D eigenvalue weighted by atomic mass is 32.1. The van der Waals surface area contributed by atoms with Gasteiger partial charge in [-0.15, -0.1) is 11.3 Å². The lowest BCUT2D eigenvalue weighted by molar-refractivity contribution is 0.102. The first kappa shape index (κ1) is 24.1. The third kappa shape index (κ3) is 5.24. The minimum absolute atomic E-state index is 0.240. The molecule has 1 aromatic heterocycles. The number of hydrogen-bond donors (Lipinski definition) is 3. The van der Waals surface area contributed by atoms with Gasteiger partial charge in [0.05, 0.1) is 37.8 Å². The van der Waals surface area contributed by atoms with E-state index in [1.54, 1.807) is 43.4 Å². The van der Waals surface area contributed by atoms with Gasteiger partial charge < -0.3 is 35.6 Å². The number of thiazole rings is 1. The van der Waals surface area contributed by atoms with Crippen LogP contribution in [-0.4, -0.2) is 56.7 Å². The number of carbonyl (C=O) groups is 2. The van der Waals surface area contributed by atoms with Gasteiger partial charge in [0.15, 0.2) is 16.5 Å². The number of aromatic nitrogens is 1. The number of carbonyl (C=O) groups excluding carboxylic acids is 2. The van der Waals surface area contributed by atoms with Crippen molar-refractivity contribution in [3.05, 3.63) is 52.0 Å². The van der Waals surface area contributed by atoms with Crippen molar-refractivity contribution in [2.24, 2.45) is 0 Å². The Bertz CT molecular complexity index is 1260. The molecule has 1 aliphatic heterocycles. The highest BCUT2D eigenvalue weighted by molar-refractivity contribution is 7.13. The van der Waals surface area contributed by atoms with Crippen LogP contribution in [0, 0.1) is 0 Å². The molecule has 184 valence electrons. The first-order valence-corrected chi connectivity index (χ1v) is 11.8. The number of fused-ring (bicyclic) bond motifs is 1. The molecule has 2 heterocycles. The predicted molar refractivity (Wildman–Crippen MR) is 138 cm³/mol. The molecule has 0 atom stereocenters. The number of methoxy groups -OCH3 is 2. The van der Waals surface area contributed by atoms with Gasteiger partial charge in [-0.3, -0.25) is 4.79 Å². The van der Waals surface area contributed by atoms with Crippen molar-refractivity contribution < 1.29 is 19.1 Å². The van der Waals surface area contributed by atoms with Crippen LogP contribution in [0.1, 0.15) is 20.4 Å². The quantitative estimate of drug-likeness (QED) is 0.445. The highest BCUT2D eigenvalue weighted by Crippen LogP contribution is 2.31. The lowest BCUT2D eigenvalue weighted by atomic mass is 10.2. The molecule has 0 fully saturated rings. The number of rotatable bonds is 6. The van der Waals surface area contributed by atoms with E-state index in [4.69, 9.17) is 15.2 Å². The van der Waals surface area contributed by atoms with Crippen molar-refractivity contribution in [3.63, 3.8) is 0 Å². The number of benzene rings is 2. The maximum Gasteiger partial charge on any atom is 0.322 e. The monoisotopic (exact) mass is 496 g/mol. The Labute approximate surface area is 207 Å². The molecule has 11 heteroatoms. The summed E-state index contributed by atoms with van der Waals surface area (Å²) in [6, 6.07) is 10.4. The van der Waals surface area contributed by atoms with Crippen LogP contribution in [0.4, 0.5) is 27.5 Å². The van der Waals surface area contributed by atoms with Crippen LogP contribution in [0.3, 0.4) is 0 Å². The standard InChI is InChI=1S/C24H28N6O4S/c1-29(2)15-6-7-16(25)18(12-15)27-22(31)23-28-17-9-10-30(13-21(17)35-23)24(32)26-14-5-8-19(33-3)20(11-14)34-4/h5-8,11-12H,9-10,13,25H2,1-4H3,(H,26,32)(H,27,31). The van der Waals surface area contributed by atoms with Gasteiger partial charge in [0.2, 0.25) is 0 Å². The number of nitrogens with two attached hydrogens (primary N) is 1. The summed E-state index contributed by atoms with van der Waals surface area (Å²) in [4.78, 5) is 34.8. The van der Waals surface area contributed by atoms with Gasteiger partial charge in [-0.05, 0) is 30.3 Å². The number of urea groups is 1. The average Bonchev–Trinajstić information content (AvgIpc) is 3.28. The van der Waals surface area contributed by atoms with Crippen LogP contribution in [0.25, 0.3) is 0 Å². The molecule has 1 aliphatic rings. The van der Waals surface area contributed by atoms with E-state index in [-0.39, 0.29) is 11.9 Å². The van der Waals surface area contributed by atoms with Crippen LogP contribution in [0.2, 0.25) is 0 Å². The number of nitrogens with zero attached hydrogens (tertiary/aromatic N) is 3. The Balaban J connectivity index is 1.43. The van der Waals surface area contributed by atoms with E-state index in [1.165, 1.54) is 11.3 Å². The Hall–Kier alpha value is -3.99. The average molecular weight is 497 g/mol. The fourth-order valence-electron chi connectivity index (χ4n) is 3.69. The van der Waals surface area contributed by atoms with E-state index in [2.05, 4.69) is 15.6 Å². The summed E-state index contributed by atoms with van der Waals surface area (Å²) in [6.07, 6.45) is 0.566. The molecule has 4 rings (SSSR count). The van der Waals surface area contributed by atoms with Crippen molar-refractivity contribution in [2.75, 3.05) is 56.1 Å². The Morgan fingerprint density at radius 3 is 2.57 bits per heavy atom. The number of ether oxygens (including phenoxy) is 2. The zero-order chi connectivity index (χ0) is 25.1. The third-order valence-corrected chi connectivity index (χ3v) is 6.73. The lowest BCUT2D eigenvalue weighted by Crippen LogP contribution is -2.38. The lowest BCUT2D eigenvalue weighted by Gasteiger charge is -2.26. The molecule has 10 nitrogen and oxygen atoms in total. The topological polar surface area (TPSA) is 122 Å². The minimum Gasteiger partial charge on any atom is -0.493 e. The number of amides is 3. The molecule has 0 spiro atoms. The molecular weight excluding hydrogens is 468 g/mol. The van der Waals surface area contributed by atoms with Gasteiger partial charge in [0.1, 0.15) is 0 Å². The van der Waals surface area contributed by atoms with Crippen molar-refractivity contribution in [1.82, 2.24) is 9.88 Å². The Morgan fingerprint density at radius 1 is 1.09 bits per heavy atom. The Morgan fingerprint density at radius 2 is 1.86 bits per heavy atom. The molecule has 0 bridgehead atoms. The predicted octanol–water partition coefficient (Wildman–Crippen LogP) is 3.65. The fraction of sp³-hybridized carbons (Fsp3) is 0.292. The van der Waals surface area contributed by atoms with Crippen molar-refractivity contribution in [3.8, 4) is 11.5 Å². The van der Waals surface area contributed by atoms with Crippen molar-refractivity contribution in [1.29, 1.82) is 0 Å². The zero-order valence-corrected chi connectivity index (χ0v) is 20.9. The normalized spacial score (nSPS) is 12.5. The highest BCUT2D eigenvalue weighted by Gasteiger charge is 2.26. The molecule has 35 heavy (non-hydrogen) atoms. The minimum atomic E-state index is -0.326. The summed E-state index contributed by atoms with van der Waals surface area (Å²) in [5.41, 5.74) is 9.41. The van der Waals surface area contributed by atoms with Crippen molar-refractivity contribution >= 4 is 46.0 Å². The zero-order valence-electron chi connectivity index (χ0n) is 20.0. The molecule has 0 saturated carbocycles. The molecular formula is C24H28N6O4S. The summed E-state index contributed by atoms with van der Waals surface area (Å²) in [6.45, 7) is 0.867. The second-order valence-corrected chi connectivity index (χ2v) is 9.26. The van der Waals surface area contributed by atoms with E-state index in [9.17, 15) is 9.59 Å². The van der Waals surface area contributed by atoms with E-state index in [0.717, 1.165) is 16.3 Å². The maximum absolute atomic E-state index is 12.9. The molecule has 0 unspecified atom stereocenters. The smallest absolute Gasteiger partial charge is 0.322 e.